The van der Waals surface area contributed by atoms with Gasteiger partial charge >= 0.3 is 0 Å². The predicted octanol–water partition coefficient (Wildman–Crippen LogP) is 3.36. The Bertz CT molecular complexity index is 605. The van der Waals surface area contributed by atoms with E-state index < -0.39 is 0 Å². The molecule has 0 saturated carbocycles. The average Bonchev–Trinajstić information content (AvgIpc) is 3.14. The predicted molar refractivity (Wildman–Crippen MR) is 84.6 cm³/mol. The van der Waals surface area contributed by atoms with Crippen LogP contribution in [0, 0.1) is 5.92 Å². The van der Waals surface area contributed by atoms with Crippen molar-refractivity contribution >= 4 is 0 Å². The highest BCUT2D eigenvalue weighted by molar-refractivity contribution is 5.29. The van der Waals surface area contributed by atoms with Crippen LogP contribution in [-0.2, 0) is 13.2 Å². The van der Waals surface area contributed by atoms with Gasteiger partial charge in [0.25, 0.3) is 0 Å². The van der Waals surface area contributed by atoms with Crippen molar-refractivity contribution in [2.24, 2.45) is 5.92 Å². The number of nitrogens with zero attached hydrogens (tertiary/aromatic N) is 1. The van der Waals surface area contributed by atoms with Gasteiger partial charge < -0.3 is 14.3 Å². The van der Waals surface area contributed by atoms with E-state index in [0.29, 0.717) is 17.7 Å². The zero-order valence-electron chi connectivity index (χ0n) is 13.2. The number of likely N-dealkylation sites (tertiary alicyclic amines) is 1. The normalized spacial score (nSPS) is 22.1. The summed E-state index contributed by atoms with van der Waals surface area (Å²) in [5.74, 6) is 3.10. The molecule has 3 rings (SSSR count). The van der Waals surface area contributed by atoms with E-state index in [1.54, 1.807) is 7.11 Å². The Morgan fingerprint density at radius 2 is 1.91 bits per heavy atom. The minimum Gasteiger partial charge on any atom is -0.497 e. The molecule has 0 spiro atoms. The number of hydrogen-bond donors (Lipinski definition) is 1. The fourth-order valence-electron chi connectivity index (χ4n) is 3.27. The second kappa shape index (κ2) is 6.55. The molecule has 22 heavy (non-hydrogen) atoms. The second-order valence-corrected chi connectivity index (χ2v) is 6.09. The van der Waals surface area contributed by atoms with Crippen molar-refractivity contribution in [3.05, 3.63) is 53.5 Å². The first-order valence-corrected chi connectivity index (χ1v) is 7.76. The van der Waals surface area contributed by atoms with Crippen molar-refractivity contribution in [2.45, 2.75) is 32.5 Å². The van der Waals surface area contributed by atoms with Gasteiger partial charge in [-0.25, -0.2) is 0 Å². The van der Waals surface area contributed by atoms with Crippen molar-refractivity contribution in [3.63, 3.8) is 0 Å². The van der Waals surface area contributed by atoms with Crippen LogP contribution in [0.25, 0.3) is 0 Å². The monoisotopic (exact) mass is 301 g/mol. The first-order valence-electron chi connectivity index (χ1n) is 7.76. The van der Waals surface area contributed by atoms with Crippen LogP contribution < -0.4 is 4.74 Å². The first-order chi connectivity index (χ1) is 10.7. The van der Waals surface area contributed by atoms with E-state index in [0.717, 1.165) is 31.0 Å². The lowest BCUT2D eigenvalue weighted by Gasteiger charge is -2.24. The zero-order chi connectivity index (χ0) is 15.5. The van der Waals surface area contributed by atoms with Gasteiger partial charge in [-0.2, -0.15) is 0 Å². The van der Waals surface area contributed by atoms with Gasteiger partial charge in [0.1, 0.15) is 23.9 Å². The Hall–Kier alpha value is -1.78. The SMILES string of the molecule is COc1ccc(C2CC(C)CN2Cc2ccc(CO)o2)cc1. The summed E-state index contributed by atoms with van der Waals surface area (Å²) >= 11 is 0. The van der Waals surface area contributed by atoms with Gasteiger partial charge in [-0.05, 0) is 42.2 Å². The molecule has 1 aromatic carbocycles. The molecule has 0 amide bonds. The minimum absolute atomic E-state index is 0.0433. The summed E-state index contributed by atoms with van der Waals surface area (Å²) in [7, 11) is 1.69. The Balaban J connectivity index is 1.76. The summed E-state index contributed by atoms with van der Waals surface area (Å²) < 4.78 is 10.9. The summed E-state index contributed by atoms with van der Waals surface area (Å²) in [6.45, 7) is 4.09. The summed E-state index contributed by atoms with van der Waals surface area (Å²) in [5, 5.41) is 9.11. The Morgan fingerprint density at radius 1 is 1.18 bits per heavy atom. The molecule has 2 heterocycles. The van der Waals surface area contributed by atoms with Crippen LogP contribution in [-0.4, -0.2) is 23.7 Å². The van der Waals surface area contributed by atoms with Crippen molar-refractivity contribution in [3.8, 4) is 5.75 Å². The minimum atomic E-state index is -0.0433. The van der Waals surface area contributed by atoms with E-state index in [9.17, 15) is 0 Å². The zero-order valence-corrected chi connectivity index (χ0v) is 13.2. The number of methoxy groups -OCH3 is 1. The number of furan rings is 1. The van der Waals surface area contributed by atoms with Gasteiger partial charge in [-0.1, -0.05) is 19.1 Å². The first kappa shape index (κ1) is 15.1. The largest absolute Gasteiger partial charge is 0.497 e. The molecule has 1 aliphatic heterocycles. The van der Waals surface area contributed by atoms with Crippen LogP contribution in [0.1, 0.15) is 36.5 Å². The lowest BCUT2D eigenvalue weighted by molar-refractivity contribution is 0.208. The number of ether oxygens (including phenoxy) is 1. The highest BCUT2D eigenvalue weighted by Crippen LogP contribution is 2.37. The van der Waals surface area contributed by atoms with Crippen LogP contribution in [0.5, 0.6) is 5.75 Å². The summed E-state index contributed by atoms with van der Waals surface area (Å²) in [5.41, 5.74) is 1.32. The summed E-state index contributed by atoms with van der Waals surface area (Å²) in [4.78, 5) is 2.45. The number of rotatable bonds is 5. The van der Waals surface area contributed by atoms with Gasteiger partial charge in [0.15, 0.2) is 0 Å². The highest BCUT2D eigenvalue weighted by atomic mass is 16.5. The maximum absolute atomic E-state index is 9.11. The fraction of sp³-hybridized carbons (Fsp3) is 0.444. The third-order valence-electron chi connectivity index (χ3n) is 4.35. The smallest absolute Gasteiger partial charge is 0.129 e. The maximum Gasteiger partial charge on any atom is 0.129 e. The number of aliphatic hydroxyl groups excluding tert-OH is 1. The van der Waals surface area contributed by atoms with Crippen LogP contribution >= 0.6 is 0 Å². The number of hydrogen-bond acceptors (Lipinski definition) is 4. The molecule has 2 unspecified atom stereocenters. The van der Waals surface area contributed by atoms with Crippen LogP contribution in [0.15, 0.2) is 40.8 Å². The number of benzene rings is 1. The maximum atomic E-state index is 9.11. The molecular weight excluding hydrogens is 278 g/mol. The molecule has 2 aromatic rings. The topological polar surface area (TPSA) is 45.8 Å². The number of aliphatic hydroxyl groups is 1. The lowest BCUT2D eigenvalue weighted by atomic mass is 10.0. The van der Waals surface area contributed by atoms with Gasteiger partial charge in [-0.15, -0.1) is 0 Å². The standard InChI is InChI=1S/C18H23NO3/c1-13-9-18(14-3-5-15(21-2)6-4-14)19(10-13)11-16-7-8-17(12-20)22-16/h3-8,13,18,20H,9-12H2,1-2H3. The van der Waals surface area contributed by atoms with Crippen LogP contribution in [0.3, 0.4) is 0 Å². The van der Waals surface area contributed by atoms with E-state index >= 15 is 0 Å². The van der Waals surface area contributed by atoms with Gasteiger partial charge in [-0.3, -0.25) is 4.90 Å². The second-order valence-electron chi connectivity index (χ2n) is 6.09. The third-order valence-corrected chi connectivity index (χ3v) is 4.35. The molecule has 4 nitrogen and oxygen atoms in total. The van der Waals surface area contributed by atoms with E-state index in [4.69, 9.17) is 14.3 Å². The van der Waals surface area contributed by atoms with Crippen molar-refractivity contribution in [1.29, 1.82) is 0 Å². The summed E-state index contributed by atoms with van der Waals surface area (Å²) in [6.07, 6.45) is 1.15. The van der Waals surface area contributed by atoms with E-state index in [1.807, 2.05) is 24.3 Å². The van der Waals surface area contributed by atoms with Crippen LogP contribution in [0.2, 0.25) is 0 Å². The molecule has 1 aromatic heterocycles. The third kappa shape index (κ3) is 3.18. The Kier molecular flexibility index (Phi) is 4.50. The molecule has 1 N–H and O–H groups in total. The van der Waals surface area contributed by atoms with Crippen molar-refractivity contribution in [2.75, 3.05) is 13.7 Å². The molecule has 1 aliphatic rings. The van der Waals surface area contributed by atoms with Crippen LogP contribution in [0.4, 0.5) is 0 Å². The highest BCUT2D eigenvalue weighted by Gasteiger charge is 2.31. The van der Waals surface area contributed by atoms with Gasteiger partial charge in [0, 0.05) is 12.6 Å². The Labute approximate surface area is 131 Å². The van der Waals surface area contributed by atoms with Crippen molar-refractivity contribution in [1.82, 2.24) is 4.90 Å². The molecule has 0 aliphatic carbocycles. The molecule has 1 saturated heterocycles. The molecule has 2 atom stereocenters. The molecule has 0 radical (unpaired) electrons. The molecule has 1 fully saturated rings. The quantitative estimate of drug-likeness (QED) is 0.920. The van der Waals surface area contributed by atoms with E-state index in [1.165, 1.54) is 5.56 Å². The van der Waals surface area contributed by atoms with E-state index in [-0.39, 0.29) is 6.61 Å². The molecular formula is C18H23NO3. The van der Waals surface area contributed by atoms with E-state index in [2.05, 4.69) is 24.0 Å². The van der Waals surface area contributed by atoms with Gasteiger partial charge in [0.05, 0.1) is 13.7 Å². The van der Waals surface area contributed by atoms with Gasteiger partial charge in [0.2, 0.25) is 0 Å². The Morgan fingerprint density at radius 3 is 2.55 bits per heavy atom. The molecule has 4 heteroatoms. The summed E-state index contributed by atoms with van der Waals surface area (Å²) in [6, 6.07) is 12.5. The lowest BCUT2D eigenvalue weighted by Crippen LogP contribution is -2.23. The fourth-order valence-corrected chi connectivity index (χ4v) is 3.27. The molecule has 0 bridgehead atoms. The average molecular weight is 301 g/mol. The van der Waals surface area contributed by atoms with Crippen molar-refractivity contribution < 1.29 is 14.3 Å². The molecule has 118 valence electrons.